The largest absolute Gasteiger partial charge is 0.493 e. The average Bonchev–Trinajstić information content (AvgIpc) is 2.74. The van der Waals surface area contributed by atoms with Crippen molar-refractivity contribution in [1.29, 1.82) is 0 Å². The fraction of sp³-hybridized carbons (Fsp3) is 0.333. The van der Waals surface area contributed by atoms with Crippen LogP contribution in [0, 0.1) is 0 Å². The number of rotatable bonds is 10. The summed E-state index contributed by atoms with van der Waals surface area (Å²) in [5.74, 6) is 0.663. The normalized spacial score (nSPS) is 10.3. The van der Waals surface area contributed by atoms with Gasteiger partial charge in [-0.2, -0.15) is 0 Å². The number of hydrogen-bond donors (Lipinski definition) is 0. The van der Waals surface area contributed by atoms with E-state index in [1.807, 2.05) is 36.4 Å². The minimum Gasteiger partial charge on any atom is -0.493 e. The molecule has 2 rings (SSSR count). The molecule has 0 radical (unpaired) electrons. The van der Waals surface area contributed by atoms with Crippen LogP contribution in [0.1, 0.15) is 5.56 Å². The van der Waals surface area contributed by atoms with E-state index in [1.165, 1.54) is 16.7 Å². The second-order valence-electron chi connectivity index (χ2n) is 6.13. The summed E-state index contributed by atoms with van der Waals surface area (Å²) in [5.41, 5.74) is 1.01. The van der Waals surface area contributed by atoms with E-state index in [4.69, 9.17) is 25.8 Å². The van der Waals surface area contributed by atoms with Gasteiger partial charge in [0, 0.05) is 18.5 Å². The van der Waals surface area contributed by atoms with E-state index in [2.05, 4.69) is 0 Å². The molecule has 0 saturated heterocycles. The minimum absolute atomic E-state index is 0.0897. The number of amides is 1. The molecule has 0 aliphatic heterocycles. The SMILES string of the molecule is COc1ccc(CCN(C)C(=O)COC(=O)CSc2ccccc2Cl)cc1OC. The number of nitrogens with zero attached hydrogens (tertiary/aromatic N) is 1. The van der Waals surface area contributed by atoms with Crippen LogP contribution in [0.3, 0.4) is 0 Å². The lowest BCUT2D eigenvalue weighted by atomic mass is 10.1. The zero-order valence-corrected chi connectivity index (χ0v) is 18.2. The van der Waals surface area contributed by atoms with Crippen molar-refractivity contribution in [1.82, 2.24) is 4.90 Å². The molecule has 2 aromatic rings. The van der Waals surface area contributed by atoms with Crippen LogP contribution in [0.25, 0.3) is 0 Å². The number of esters is 1. The summed E-state index contributed by atoms with van der Waals surface area (Å²) in [4.78, 5) is 26.4. The van der Waals surface area contributed by atoms with Crippen molar-refractivity contribution in [3.8, 4) is 11.5 Å². The summed E-state index contributed by atoms with van der Waals surface area (Å²) in [6.07, 6.45) is 0.638. The van der Waals surface area contributed by atoms with Crippen LogP contribution in [-0.2, 0) is 20.7 Å². The number of halogens is 1. The molecule has 6 nitrogen and oxygen atoms in total. The molecule has 8 heteroatoms. The Morgan fingerprint density at radius 3 is 2.48 bits per heavy atom. The highest BCUT2D eigenvalue weighted by Gasteiger charge is 2.13. The summed E-state index contributed by atoms with van der Waals surface area (Å²) < 4.78 is 15.6. The van der Waals surface area contributed by atoms with Crippen molar-refractivity contribution in [3.63, 3.8) is 0 Å². The Morgan fingerprint density at radius 1 is 1.07 bits per heavy atom. The van der Waals surface area contributed by atoms with E-state index in [0.29, 0.717) is 29.5 Å². The van der Waals surface area contributed by atoms with Gasteiger partial charge in [0.2, 0.25) is 0 Å². The number of methoxy groups -OCH3 is 2. The summed E-state index contributed by atoms with van der Waals surface area (Å²) >= 11 is 7.33. The van der Waals surface area contributed by atoms with Gasteiger partial charge >= 0.3 is 5.97 Å². The van der Waals surface area contributed by atoms with Crippen molar-refractivity contribution in [2.45, 2.75) is 11.3 Å². The van der Waals surface area contributed by atoms with Gasteiger partial charge in [0.1, 0.15) is 0 Å². The molecule has 0 aliphatic rings. The van der Waals surface area contributed by atoms with Crippen LogP contribution in [0.4, 0.5) is 0 Å². The van der Waals surface area contributed by atoms with Crippen LogP contribution in [-0.4, -0.2) is 56.9 Å². The second kappa shape index (κ2) is 11.6. The van der Waals surface area contributed by atoms with Crippen LogP contribution in [0.15, 0.2) is 47.4 Å². The molecule has 1 amide bonds. The van der Waals surface area contributed by atoms with E-state index in [9.17, 15) is 9.59 Å². The number of benzene rings is 2. The van der Waals surface area contributed by atoms with Crippen LogP contribution >= 0.6 is 23.4 Å². The van der Waals surface area contributed by atoms with Gasteiger partial charge in [0.05, 0.1) is 25.0 Å². The lowest BCUT2D eigenvalue weighted by Crippen LogP contribution is -2.33. The predicted molar refractivity (Wildman–Crippen MR) is 114 cm³/mol. The number of likely N-dealkylation sites (N-methyl/N-ethyl adjacent to an activating group) is 1. The third-order valence-corrected chi connectivity index (χ3v) is 5.64. The van der Waals surface area contributed by atoms with Gasteiger partial charge in [-0.3, -0.25) is 9.59 Å². The molecule has 0 aromatic heterocycles. The topological polar surface area (TPSA) is 65.1 Å². The quantitative estimate of drug-likeness (QED) is 0.417. The van der Waals surface area contributed by atoms with Gasteiger partial charge in [-0.05, 0) is 36.2 Å². The Labute approximate surface area is 180 Å². The summed E-state index contributed by atoms with van der Waals surface area (Å²) in [7, 11) is 4.84. The van der Waals surface area contributed by atoms with E-state index in [-0.39, 0.29) is 18.3 Å². The Morgan fingerprint density at radius 2 is 1.79 bits per heavy atom. The molecule has 0 saturated carbocycles. The van der Waals surface area contributed by atoms with Gasteiger partial charge in [-0.25, -0.2) is 0 Å². The summed E-state index contributed by atoms with van der Waals surface area (Å²) in [6.45, 7) is 0.199. The molecule has 0 atom stereocenters. The maximum absolute atomic E-state index is 12.2. The highest BCUT2D eigenvalue weighted by Crippen LogP contribution is 2.28. The number of ether oxygens (including phenoxy) is 3. The first-order valence-corrected chi connectivity index (χ1v) is 10.3. The maximum Gasteiger partial charge on any atom is 0.316 e. The third-order valence-electron chi connectivity index (χ3n) is 4.15. The molecule has 0 heterocycles. The number of carbonyl (C=O) groups excluding carboxylic acids is 2. The first kappa shape index (κ1) is 22.9. The van der Waals surface area contributed by atoms with Gasteiger partial charge in [-0.1, -0.05) is 29.8 Å². The van der Waals surface area contributed by atoms with Crippen LogP contribution < -0.4 is 9.47 Å². The van der Waals surface area contributed by atoms with E-state index in [0.717, 1.165) is 10.5 Å². The Kier molecular flexibility index (Phi) is 9.15. The van der Waals surface area contributed by atoms with Crippen molar-refractivity contribution in [3.05, 3.63) is 53.1 Å². The standard InChI is InChI=1S/C21H24ClNO5S/c1-23(11-10-15-8-9-17(26-2)18(12-15)27-3)20(24)13-28-21(25)14-29-19-7-5-4-6-16(19)22/h4-9,12H,10-11,13-14H2,1-3H3. The molecular formula is C21H24ClNO5S. The molecule has 156 valence electrons. The van der Waals surface area contributed by atoms with E-state index >= 15 is 0 Å². The fourth-order valence-corrected chi connectivity index (χ4v) is 3.49. The highest BCUT2D eigenvalue weighted by molar-refractivity contribution is 8.00. The maximum atomic E-state index is 12.2. The second-order valence-corrected chi connectivity index (χ2v) is 7.56. The zero-order chi connectivity index (χ0) is 21.2. The molecule has 29 heavy (non-hydrogen) atoms. The average molecular weight is 438 g/mol. The molecule has 2 aromatic carbocycles. The molecule has 0 unspecified atom stereocenters. The molecule has 0 N–H and O–H groups in total. The van der Waals surface area contributed by atoms with Gasteiger partial charge in [-0.15, -0.1) is 11.8 Å². The summed E-state index contributed by atoms with van der Waals surface area (Å²) in [6, 6.07) is 12.9. The molecular weight excluding hydrogens is 414 g/mol. The monoisotopic (exact) mass is 437 g/mol. The Balaban J connectivity index is 1.74. The number of carbonyl (C=O) groups is 2. The highest BCUT2D eigenvalue weighted by atomic mass is 35.5. The molecule has 0 aliphatic carbocycles. The van der Waals surface area contributed by atoms with Gasteiger partial charge < -0.3 is 19.1 Å². The lowest BCUT2D eigenvalue weighted by Gasteiger charge is -2.17. The van der Waals surface area contributed by atoms with Gasteiger partial charge in [0.15, 0.2) is 18.1 Å². The third kappa shape index (κ3) is 7.18. The summed E-state index contributed by atoms with van der Waals surface area (Å²) in [5, 5.41) is 0.580. The Bertz CT molecular complexity index is 846. The smallest absolute Gasteiger partial charge is 0.316 e. The van der Waals surface area contributed by atoms with Crippen molar-refractivity contribution in [2.75, 3.05) is 40.2 Å². The van der Waals surface area contributed by atoms with E-state index < -0.39 is 5.97 Å². The number of hydrogen-bond acceptors (Lipinski definition) is 6. The zero-order valence-electron chi connectivity index (χ0n) is 16.6. The van der Waals surface area contributed by atoms with Crippen molar-refractivity contribution in [2.24, 2.45) is 0 Å². The first-order chi connectivity index (χ1) is 13.9. The van der Waals surface area contributed by atoms with Crippen LogP contribution in [0.5, 0.6) is 11.5 Å². The van der Waals surface area contributed by atoms with Crippen molar-refractivity contribution < 1.29 is 23.8 Å². The minimum atomic E-state index is -0.462. The van der Waals surface area contributed by atoms with E-state index in [1.54, 1.807) is 27.3 Å². The predicted octanol–water partition coefficient (Wildman–Crippen LogP) is 3.69. The molecule has 0 fully saturated rings. The fourth-order valence-electron chi connectivity index (χ4n) is 2.45. The number of thioether (sulfide) groups is 1. The molecule has 0 bridgehead atoms. The van der Waals surface area contributed by atoms with Crippen molar-refractivity contribution >= 4 is 35.2 Å². The molecule has 0 spiro atoms. The first-order valence-electron chi connectivity index (χ1n) is 8.92. The van der Waals surface area contributed by atoms with Gasteiger partial charge in [0.25, 0.3) is 5.91 Å². The lowest BCUT2D eigenvalue weighted by molar-refractivity contribution is -0.149. The Hall–Kier alpha value is -2.38. The van der Waals surface area contributed by atoms with Crippen LogP contribution in [0.2, 0.25) is 5.02 Å².